The van der Waals surface area contributed by atoms with Crippen molar-refractivity contribution in [1.29, 1.82) is 0 Å². The quantitative estimate of drug-likeness (QED) is 0.532. The SMILES string of the molecule is COc1nc(N2CC3CCC(C2)N3)c2cnc(-c3cc(O)cc4ccccc34)cc2n1. The van der Waals surface area contributed by atoms with Crippen LogP contribution in [0.3, 0.4) is 0 Å². The second kappa shape index (κ2) is 7.06. The van der Waals surface area contributed by atoms with E-state index in [1.54, 1.807) is 19.2 Å². The van der Waals surface area contributed by atoms with Gasteiger partial charge < -0.3 is 20.1 Å². The number of hydrogen-bond acceptors (Lipinski definition) is 7. The van der Waals surface area contributed by atoms with Crippen molar-refractivity contribution in [2.45, 2.75) is 24.9 Å². The summed E-state index contributed by atoms with van der Waals surface area (Å²) in [6.45, 7) is 1.84. The van der Waals surface area contributed by atoms with Crippen LogP contribution in [-0.4, -0.2) is 52.3 Å². The average molecular weight is 413 g/mol. The molecule has 0 spiro atoms. The summed E-state index contributed by atoms with van der Waals surface area (Å²) in [5, 5.41) is 16.8. The largest absolute Gasteiger partial charge is 0.508 e. The molecule has 2 saturated heterocycles. The second-order valence-corrected chi connectivity index (χ2v) is 8.38. The number of aromatic nitrogens is 3. The molecule has 2 N–H and O–H groups in total. The second-order valence-electron chi connectivity index (χ2n) is 8.38. The average Bonchev–Trinajstić information content (AvgIpc) is 3.14. The van der Waals surface area contributed by atoms with E-state index in [9.17, 15) is 5.11 Å². The van der Waals surface area contributed by atoms with Crippen LogP contribution in [0, 0.1) is 0 Å². The predicted molar refractivity (Wildman–Crippen MR) is 121 cm³/mol. The van der Waals surface area contributed by atoms with Gasteiger partial charge in [0.1, 0.15) is 11.6 Å². The Hall–Kier alpha value is -3.45. The molecule has 0 radical (unpaired) electrons. The Morgan fingerprint density at radius 2 is 1.84 bits per heavy atom. The molecule has 6 rings (SSSR count). The highest BCUT2D eigenvalue weighted by atomic mass is 16.5. The number of piperazine rings is 1. The highest BCUT2D eigenvalue weighted by Gasteiger charge is 2.33. The maximum Gasteiger partial charge on any atom is 0.318 e. The zero-order chi connectivity index (χ0) is 20.9. The Morgan fingerprint density at radius 1 is 1.03 bits per heavy atom. The molecule has 2 aromatic heterocycles. The highest BCUT2D eigenvalue weighted by molar-refractivity contribution is 5.99. The zero-order valence-corrected chi connectivity index (χ0v) is 17.2. The number of benzene rings is 2. The van der Waals surface area contributed by atoms with Gasteiger partial charge in [-0.25, -0.2) is 0 Å². The van der Waals surface area contributed by atoms with Crippen molar-refractivity contribution in [2.75, 3.05) is 25.1 Å². The number of hydrogen-bond donors (Lipinski definition) is 2. The first-order chi connectivity index (χ1) is 15.2. The van der Waals surface area contributed by atoms with E-state index >= 15 is 0 Å². The number of nitrogens with zero attached hydrogens (tertiary/aromatic N) is 4. The zero-order valence-electron chi connectivity index (χ0n) is 17.2. The minimum absolute atomic E-state index is 0.216. The lowest BCUT2D eigenvalue weighted by Crippen LogP contribution is -2.51. The molecule has 0 amide bonds. The minimum Gasteiger partial charge on any atom is -0.508 e. The molecule has 4 heterocycles. The molecule has 2 aliphatic rings. The fraction of sp³-hybridized carbons (Fsp3) is 0.292. The van der Waals surface area contributed by atoms with Crippen LogP contribution in [0.5, 0.6) is 11.8 Å². The molecule has 156 valence electrons. The molecular formula is C24H23N5O2. The van der Waals surface area contributed by atoms with Gasteiger partial charge in [0.05, 0.1) is 23.7 Å². The number of nitrogens with one attached hydrogen (secondary N) is 1. The van der Waals surface area contributed by atoms with Crippen LogP contribution < -0.4 is 15.0 Å². The van der Waals surface area contributed by atoms with Crippen LogP contribution in [0.25, 0.3) is 32.9 Å². The highest BCUT2D eigenvalue weighted by Crippen LogP contribution is 2.35. The summed E-state index contributed by atoms with van der Waals surface area (Å²) in [5.41, 5.74) is 2.41. The number of ether oxygens (including phenoxy) is 1. The molecule has 2 unspecified atom stereocenters. The van der Waals surface area contributed by atoms with Crippen molar-refractivity contribution in [1.82, 2.24) is 20.3 Å². The molecule has 0 saturated carbocycles. The Bertz CT molecular complexity index is 1300. The molecule has 4 aromatic rings. The van der Waals surface area contributed by atoms with Crippen molar-refractivity contribution in [2.24, 2.45) is 0 Å². The molecule has 7 nitrogen and oxygen atoms in total. The summed E-state index contributed by atoms with van der Waals surface area (Å²) in [6.07, 6.45) is 4.25. The van der Waals surface area contributed by atoms with Crippen molar-refractivity contribution in [3.05, 3.63) is 48.7 Å². The lowest BCUT2D eigenvalue weighted by Gasteiger charge is -2.34. The van der Waals surface area contributed by atoms with Crippen LogP contribution in [0.1, 0.15) is 12.8 Å². The van der Waals surface area contributed by atoms with Gasteiger partial charge in [0.25, 0.3) is 0 Å². The standard InChI is InChI=1S/C24H23N5O2/c1-31-24-27-22-10-21(19-9-17(30)8-14-4-2-3-5-18(14)19)25-11-20(22)23(28-24)29-12-15-6-7-16(13-29)26-15/h2-5,8-11,15-16,26,30H,6-7,12-13H2,1H3. The molecule has 2 fully saturated rings. The predicted octanol–water partition coefficient (Wildman–Crippen LogP) is 3.50. The van der Waals surface area contributed by atoms with Gasteiger partial charge in [-0.15, -0.1) is 0 Å². The number of methoxy groups -OCH3 is 1. The normalized spacial score (nSPS) is 20.5. The fourth-order valence-electron chi connectivity index (χ4n) is 4.94. The van der Waals surface area contributed by atoms with Gasteiger partial charge in [-0.3, -0.25) is 4.98 Å². The number of pyridine rings is 1. The van der Waals surface area contributed by atoms with Crippen LogP contribution in [0.2, 0.25) is 0 Å². The van der Waals surface area contributed by atoms with Gasteiger partial charge in [-0.2, -0.15) is 9.97 Å². The van der Waals surface area contributed by atoms with E-state index in [4.69, 9.17) is 14.7 Å². The number of fused-ring (bicyclic) bond motifs is 4. The van der Waals surface area contributed by atoms with Crippen molar-refractivity contribution < 1.29 is 9.84 Å². The lowest BCUT2D eigenvalue weighted by molar-refractivity contribution is 0.380. The maximum atomic E-state index is 10.3. The molecule has 31 heavy (non-hydrogen) atoms. The summed E-state index contributed by atoms with van der Waals surface area (Å²) < 4.78 is 5.43. The van der Waals surface area contributed by atoms with Gasteiger partial charge in [-0.1, -0.05) is 24.3 Å². The minimum atomic E-state index is 0.216. The van der Waals surface area contributed by atoms with E-state index in [-0.39, 0.29) is 5.75 Å². The summed E-state index contributed by atoms with van der Waals surface area (Å²) in [6, 6.07) is 14.8. The lowest BCUT2D eigenvalue weighted by atomic mass is 10.0. The number of anilines is 1. The first-order valence-corrected chi connectivity index (χ1v) is 10.6. The smallest absolute Gasteiger partial charge is 0.318 e. The molecule has 2 aromatic carbocycles. The molecule has 2 bridgehead atoms. The molecule has 7 heteroatoms. The van der Waals surface area contributed by atoms with Gasteiger partial charge in [0, 0.05) is 36.9 Å². The third-order valence-corrected chi connectivity index (χ3v) is 6.36. The summed E-state index contributed by atoms with van der Waals surface area (Å²) in [4.78, 5) is 16.4. The van der Waals surface area contributed by atoms with E-state index in [1.807, 2.05) is 36.5 Å². The van der Waals surface area contributed by atoms with Gasteiger partial charge in [-0.05, 0) is 41.8 Å². The van der Waals surface area contributed by atoms with Crippen molar-refractivity contribution >= 4 is 27.5 Å². The Morgan fingerprint density at radius 3 is 2.65 bits per heavy atom. The number of phenolic OH excluding ortho intramolecular Hbond substituents is 1. The van der Waals surface area contributed by atoms with Crippen LogP contribution in [0.4, 0.5) is 5.82 Å². The molecular weight excluding hydrogens is 390 g/mol. The first kappa shape index (κ1) is 18.3. The summed E-state index contributed by atoms with van der Waals surface area (Å²) in [5.74, 6) is 1.09. The van der Waals surface area contributed by atoms with E-state index in [0.29, 0.717) is 18.1 Å². The Labute approximate surface area is 179 Å². The van der Waals surface area contributed by atoms with Crippen LogP contribution >= 0.6 is 0 Å². The molecule has 2 aliphatic heterocycles. The maximum absolute atomic E-state index is 10.3. The van der Waals surface area contributed by atoms with E-state index in [0.717, 1.165) is 51.8 Å². The monoisotopic (exact) mass is 413 g/mol. The van der Waals surface area contributed by atoms with E-state index in [1.165, 1.54) is 12.8 Å². The number of rotatable bonds is 3. The van der Waals surface area contributed by atoms with Crippen LogP contribution in [-0.2, 0) is 0 Å². The summed E-state index contributed by atoms with van der Waals surface area (Å²) >= 11 is 0. The van der Waals surface area contributed by atoms with Gasteiger partial charge in [0.2, 0.25) is 0 Å². The van der Waals surface area contributed by atoms with Crippen LogP contribution in [0.15, 0.2) is 48.7 Å². The van der Waals surface area contributed by atoms with Crippen molar-refractivity contribution in [3.63, 3.8) is 0 Å². The first-order valence-electron chi connectivity index (χ1n) is 10.6. The molecule has 2 atom stereocenters. The molecule has 0 aliphatic carbocycles. The number of phenols is 1. The van der Waals surface area contributed by atoms with E-state index in [2.05, 4.69) is 15.2 Å². The third kappa shape index (κ3) is 3.13. The van der Waals surface area contributed by atoms with Crippen molar-refractivity contribution in [3.8, 4) is 23.0 Å². The summed E-state index contributed by atoms with van der Waals surface area (Å²) in [7, 11) is 1.59. The Kier molecular flexibility index (Phi) is 4.17. The van der Waals surface area contributed by atoms with Gasteiger partial charge in [0.15, 0.2) is 0 Å². The fourth-order valence-corrected chi connectivity index (χ4v) is 4.94. The third-order valence-electron chi connectivity index (χ3n) is 6.36. The van der Waals surface area contributed by atoms with Gasteiger partial charge >= 0.3 is 6.01 Å². The Balaban J connectivity index is 1.51. The topological polar surface area (TPSA) is 83.4 Å². The number of aromatic hydroxyl groups is 1. The van der Waals surface area contributed by atoms with E-state index < -0.39 is 0 Å².